The number of nitrogens with zero attached hydrogens (tertiary/aromatic N) is 1. The first kappa shape index (κ1) is 21.6. The van der Waals surface area contributed by atoms with Crippen molar-refractivity contribution in [3.8, 4) is 10.4 Å². The predicted molar refractivity (Wildman–Crippen MR) is 122 cm³/mol. The Morgan fingerprint density at radius 1 is 1.23 bits per heavy atom. The van der Waals surface area contributed by atoms with Crippen molar-refractivity contribution in [2.45, 2.75) is 32.2 Å². The number of hydrogen-bond acceptors (Lipinski definition) is 7. The predicted octanol–water partition coefficient (Wildman–Crippen LogP) is 3.70. The first-order chi connectivity index (χ1) is 15.0. The minimum absolute atomic E-state index is 0.103. The van der Waals surface area contributed by atoms with Gasteiger partial charge in [-0.05, 0) is 55.6 Å². The smallest absolute Gasteiger partial charge is 0.284 e. The van der Waals surface area contributed by atoms with Gasteiger partial charge in [-0.25, -0.2) is 10.5 Å². The van der Waals surface area contributed by atoms with Gasteiger partial charge in [0.25, 0.3) is 11.8 Å². The van der Waals surface area contributed by atoms with E-state index < -0.39 is 5.91 Å². The number of nitrogens with one attached hydrogen (secondary N) is 3. The molecular formula is C22H24N4O3S2. The van der Waals surface area contributed by atoms with Crippen LogP contribution in [-0.2, 0) is 6.54 Å². The summed E-state index contributed by atoms with van der Waals surface area (Å²) in [5.74, 6) is -0.240. The lowest BCUT2D eigenvalue weighted by Gasteiger charge is -2.20. The molecule has 4 N–H and O–H groups in total. The Hall–Kier alpha value is -2.59. The molecule has 1 aliphatic heterocycles. The van der Waals surface area contributed by atoms with Gasteiger partial charge in [0, 0.05) is 23.9 Å². The van der Waals surface area contributed by atoms with Gasteiger partial charge in [0.1, 0.15) is 4.88 Å². The highest BCUT2D eigenvalue weighted by molar-refractivity contribution is 7.17. The molecular weight excluding hydrogens is 432 g/mol. The molecule has 2 aromatic heterocycles. The van der Waals surface area contributed by atoms with Gasteiger partial charge in [-0.3, -0.25) is 14.8 Å². The summed E-state index contributed by atoms with van der Waals surface area (Å²) in [6.45, 7) is 4.27. The van der Waals surface area contributed by atoms with E-state index in [0.717, 1.165) is 52.6 Å². The third-order valence-electron chi connectivity index (χ3n) is 5.26. The Morgan fingerprint density at radius 3 is 2.87 bits per heavy atom. The zero-order chi connectivity index (χ0) is 21.8. The monoisotopic (exact) mass is 456 g/mol. The molecule has 0 saturated carbocycles. The molecule has 3 heterocycles. The fourth-order valence-electron chi connectivity index (χ4n) is 3.63. The number of aryl methyl sites for hydroxylation is 1. The largest absolute Gasteiger partial charge is 0.347 e. The maximum absolute atomic E-state index is 12.8. The molecule has 1 unspecified atom stereocenters. The molecule has 1 aliphatic rings. The number of rotatable bonds is 6. The van der Waals surface area contributed by atoms with Crippen LogP contribution in [0.3, 0.4) is 0 Å². The van der Waals surface area contributed by atoms with E-state index in [0.29, 0.717) is 22.2 Å². The van der Waals surface area contributed by atoms with Crippen LogP contribution < -0.4 is 16.1 Å². The van der Waals surface area contributed by atoms with Crippen molar-refractivity contribution in [3.63, 3.8) is 0 Å². The van der Waals surface area contributed by atoms with E-state index in [-0.39, 0.29) is 5.91 Å². The van der Waals surface area contributed by atoms with Crippen molar-refractivity contribution in [2.75, 3.05) is 13.1 Å². The molecule has 31 heavy (non-hydrogen) atoms. The lowest BCUT2D eigenvalue weighted by molar-refractivity contribution is 0.0711. The van der Waals surface area contributed by atoms with Crippen molar-refractivity contribution < 1.29 is 14.8 Å². The van der Waals surface area contributed by atoms with E-state index in [1.165, 1.54) is 22.7 Å². The highest BCUT2D eigenvalue weighted by atomic mass is 32.1. The van der Waals surface area contributed by atoms with Crippen molar-refractivity contribution >= 4 is 34.5 Å². The number of piperidine rings is 1. The Kier molecular flexibility index (Phi) is 6.77. The molecule has 4 rings (SSSR count). The number of carbonyl (C=O) groups excluding carboxylic acids is 2. The summed E-state index contributed by atoms with van der Waals surface area (Å²) >= 11 is 2.79. The Balaban J connectivity index is 1.42. The van der Waals surface area contributed by atoms with Crippen molar-refractivity contribution in [1.29, 1.82) is 0 Å². The van der Waals surface area contributed by atoms with Crippen LogP contribution in [-0.4, -0.2) is 35.1 Å². The SMILES string of the molecule is Cc1nc(C2CCCNC2)sc1C(=O)NCc1cccc(-c2ccc(C(=O)NO)s2)c1. The van der Waals surface area contributed by atoms with Gasteiger partial charge < -0.3 is 10.6 Å². The van der Waals surface area contributed by atoms with E-state index in [2.05, 4.69) is 15.6 Å². The average molecular weight is 457 g/mol. The Bertz CT molecular complexity index is 1090. The summed E-state index contributed by atoms with van der Waals surface area (Å²) in [5, 5.41) is 16.2. The Labute approximate surface area is 188 Å². The number of thiophene rings is 1. The summed E-state index contributed by atoms with van der Waals surface area (Å²) in [6, 6.07) is 11.3. The number of benzene rings is 1. The molecule has 0 radical (unpaired) electrons. The van der Waals surface area contributed by atoms with Gasteiger partial charge in [0.15, 0.2) is 0 Å². The second kappa shape index (κ2) is 9.69. The van der Waals surface area contributed by atoms with Crippen molar-refractivity contribution in [1.82, 2.24) is 21.1 Å². The van der Waals surface area contributed by atoms with Crippen LogP contribution in [0.2, 0.25) is 0 Å². The molecule has 1 fully saturated rings. The zero-order valence-electron chi connectivity index (χ0n) is 17.1. The molecule has 0 aliphatic carbocycles. The molecule has 162 valence electrons. The second-order valence-electron chi connectivity index (χ2n) is 7.50. The van der Waals surface area contributed by atoms with Crippen LogP contribution in [0.15, 0.2) is 36.4 Å². The van der Waals surface area contributed by atoms with E-state index in [9.17, 15) is 9.59 Å². The van der Waals surface area contributed by atoms with Crippen LogP contribution in [0.5, 0.6) is 0 Å². The molecule has 3 aromatic rings. The van der Waals surface area contributed by atoms with Crippen LogP contribution >= 0.6 is 22.7 Å². The second-order valence-corrected chi connectivity index (χ2v) is 9.61. The number of carbonyl (C=O) groups is 2. The third kappa shape index (κ3) is 5.01. The topological polar surface area (TPSA) is 103 Å². The summed E-state index contributed by atoms with van der Waals surface area (Å²) in [7, 11) is 0. The third-order valence-corrected chi connectivity index (χ3v) is 7.71. The minimum Gasteiger partial charge on any atom is -0.347 e. The van der Waals surface area contributed by atoms with E-state index in [4.69, 9.17) is 5.21 Å². The quantitative estimate of drug-likeness (QED) is 0.335. The zero-order valence-corrected chi connectivity index (χ0v) is 18.7. The lowest BCUT2D eigenvalue weighted by atomic mass is 10.0. The van der Waals surface area contributed by atoms with Crippen LogP contribution in [0.1, 0.15) is 54.4 Å². The molecule has 9 heteroatoms. The Morgan fingerprint density at radius 2 is 2.10 bits per heavy atom. The molecule has 0 spiro atoms. The molecule has 1 aromatic carbocycles. The summed E-state index contributed by atoms with van der Waals surface area (Å²) in [5.41, 5.74) is 4.35. The van der Waals surface area contributed by atoms with Gasteiger partial charge in [-0.2, -0.15) is 0 Å². The number of hydrogen-bond donors (Lipinski definition) is 4. The number of amides is 2. The summed E-state index contributed by atoms with van der Waals surface area (Å²) < 4.78 is 0. The van der Waals surface area contributed by atoms with Crippen LogP contribution in [0.4, 0.5) is 0 Å². The summed E-state index contributed by atoms with van der Waals surface area (Å²) in [6.07, 6.45) is 2.25. The highest BCUT2D eigenvalue weighted by Gasteiger charge is 2.22. The standard InChI is InChI=1S/C22H24N4O3S2/c1-13-19(31-22(25-13)16-6-3-9-23-12-16)21(28)24-11-14-4-2-5-15(10-14)17-7-8-18(30-17)20(27)26-29/h2,4-5,7-8,10,16,23,29H,3,6,9,11-12H2,1H3,(H,24,28)(H,26,27). The van der Waals surface area contributed by atoms with E-state index in [1.807, 2.05) is 37.3 Å². The van der Waals surface area contributed by atoms with Crippen molar-refractivity contribution in [2.24, 2.45) is 0 Å². The molecule has 1 atom stereocenters. The first-order valence-corrected chi connectivity index (χ1v) is 11.8. The van der Waals surface area contributed by atoms with Gasteiger partial charge in [0.05, 0.1) is 15.6 Å². The highest BCUT2D eigenvalue weighted by Crippen LogP contribution is 2.30. The maximum atomic E-state index is 12.8. The molecule has 2 amide bonds. The van der Waals surface area contributed by atoms with Crippen LogP contribution in [0.25, 0.3) is 10.4 Å². The van der Waals surface area contributed by atoms with Gasteiger partial charge in [-0.15, -0.1) is 22.7 Å². The molecule has 0 bridgehead atoms. The van der Waals surface area contributed by atoms with Gasteiger partial charge in [-0.1, -0.05) is 18.2 Å². The van der Waals surface area contributed by atoms with Gasteiger partial charge in [0.2, 0.25) is 0 Å². The average Bonchev–Trinajstić information content (AvgIpc) is 3.45. The summed E-state index contributed by atoms with van der Waals surface area (Å²) in [4.78, 5) is 31.0. The van der Waals surface area contributed by atoms with Crippen LogP contribution in [0, 0.1) is 6.92 Å². The van der Waals surface area contributed by atoms with E-state index >= 15 is 0 Å². The lowest BCUT2D eigenvalue weighted by Crippen LogP contribution is -2.28. The first-order valence-electron chi connectivity index (χ1n) is 10.1. The minimum atomic E-state index is -0.525. The fourth-order valence-corrected chi connectivity index (χ4v) is 5.64. The number of aromatic nitrogens is 1. The normalized spacial score (nSPS) is 16.1. The molecule has 7 nitrogen and oxygen atoms in total. The number of thiazole rings is 1. The van der Waals surface area contributed by atoms with E-state index in [1.54, 1.807) is 11.5 Å². The van der Waals surface area contributed by atoms with Gasteiger partial charge >= 0.3 is 0 Å². The molecule has 1 saturated heterocycles. The number of hydroxylamine groups is 1. The maximum Gasteiger partial charge on any atom is 0.284 e. The fraction of sp³-hybridized carbons (Fsp3) is 0.318. The van der Waals surface area contributed by atoms with Crippen molar-refractivity contribution in [3.05, 3.63) is 62.4 Å².